The van der Waals surface area contributed by atoms with Crippen molar-refractivity contribution in [3.63, 3.8) is 0 Å². The van der Waals surface area contributed by atoms with Crippen molar-refractivity contribution in [3.8, 4) is 9.88 Å². The van der Waals surface area contributed by atoms with E-state index < -0.39 is 5.60 Å². The summed E-state index contributed by atoms with van der Waals surface area (Å²) in [6, 6.07) is 4.09. The minimum atomic E-state index is -0.667. The monoisotopic (exact) mass is 336 g/mol. The highest BCUT2D eigenvalue weighted by molar-refractivity contribution is 7.20. The molecule has 1 atom stereocenters. The van der Waals surface area contributed by atoms with Gasteiger partial charge in [0.05, 0.1) is 17.1 Å². The Labute approximate surface area is 138 Å². The fourth-order valence-electron chi connectivity index (χ4n) is 2.71. The highest BCUT2D eigenvalue weighted by Gasteiger charge is 2.38. The summed E-state index contributed by atoms with van der Waals surface area (Å²) < 4.78 is 5.74. The van der Waals surface area contributed by atoms with Crippen LogP contribution in [-0.4, -0.2) is 35.0 Å². The molecule has 0 saturated carbocycles. The minimum absolute atomic E-state index is 0.0536. The number of hydrogen-bond donors (Lipinski definition) is 0. The normalized spacial score (nSPS) is 21.7. The molecular formula is C16H20N2O2S2. The second kappa shape index (κ2) is 6.48. The van der Waals surface area contributed by atoms with Crippen molar-refractivity contribution in [1.82, 2.24) is 9.88 Å². The molecule has 1 amide bonds. The lowest BCUT2D eigenvalue weighted by Gasteiger charge is -2.35. The Kier molecular flexibility index (Phi) is 4.61. The molecule has 3 rings (SSSR count). The smallest absolute Gasteiger partial charge is 0.254 e. The van der Waals surface area contributed by atoms with Gasteiger partial charge in [0.15, 0.2) is 0 Å². The summed E-state index contributed by atoms with van der Waals surface area (Å²) in [5, 5.41) is 5.10. The molecule has 6 heteroatoms. The standard InChI is InChI=1S/C16H20N2O2S2/c1-16(7-3-4-8-20-16)15(19)18(2)10-12-11-22-14(17-12)13-6-5-9-21-13/h5-6,9,11H,3-4,7-8,10H2,1-2H3/t16-/m0/s1. The zero-order chi connectivity index (χ0) is 15.6. The number of aromatic nitrogens is 1. The summed E-state index contributed by atoms with van der Waals surface area (Å²) in [7, 11) is 1.83. The van der Waals surface area contributed by atoms with Crippen molar-refractivity contribution in [1.29, 1.82) is 0 Å². The SMILES string of the molecule is CN(Cc1csc(-c2cccs2)n1)C(=O)[C@]1(C)CCCCO1. The molecule has 1 aliphatic heterocycles. The zero-order valence-corrected chi connectivity index (χ0v) is 14.5. The van der Waals surface area contributed by atoms with Crippen molar-refractivity contribution in [2.45, 2.75) is 38.3 Å². The molecule has 1 aliphatic rings. The van der Waals surface area contributed by atoms with Crippen molar-refractivity contribution in [2.75, 3.05) is 13.7 Å². The van der Waals surface area contributed by atoms with Gasteiger partial charge in [0.25, 0.3) is 5.91 Å². The second-order valence-electron chi connectivity index (χ2n) is 5.82. The molecular weight excluding hydrogens is 316 g/mol. The number of ether oxygens (including phenoxy) is 1. The lowest BCUT2D eigenvalue weighted by atomic mass is 9.94. The summed E-state index contributed by atoms with van der Waals surface area (Å²) in [5.41, 5.74) is 0.267. The first kappa shape index (κ1) is 15.6. The van der Waals surface area contributed by atoms with E-state index in [0.29, 0.717) is 13.2 Å². The predicted molar refractivity (Wildman–Crippen MR) is 90.1 cm³/mol. The van der Waals surface area contributed by atoms with Gasteiger partial charge in [-0.2, -0.15) is 0 Å². The number of thiazole rings is 1. The molecule has 0 unspecified atom stereocenters. The first-order valence-corrected chi connectivity index (χ1v) is 9.22. The third kappa shape index (κ3) is 3.24. The zero-order valence-electron chi connectivity index (χ0n) is 12.9. The molecule has 0 radical (unpaired) electrons. The summed E-state index contributed by atoms with van der Waals surface area (Å²) in [6.45, 7) is 3.11. The van der Waals surface area contributed by atoms with Gasteiger partial charge in [0.2, 0.25) is 0 Å². The molecule has 4 nitrogen and oxygen atoms in total. The Balaban J connectivity index is 1.66. The summed E-state index contributed by atoms with van der Waals surface area (Å²) >= 11 is 3.31. The number of likely N-dealkylation sites (N-methyl/N-ethyl adjacent to an activating group) is 1. The number of carbonyl (C=O) groups is 1. The van der Waals surface area contributed by atoms with Gasteiger partial charge in [0.1, 0.15) is 10.6 Å². The van der Waals surface area contributed by atoms with E-state index >= 15 is 0 Å². The maximum absolute atomic E-state index is 12.6. The van der Waals surface area contributed by atoms with Crippen molar-refractivity contribution < 1.29 is 9.53 Å². The van der Waals surface area contributed by atoms with Gasteiger partial charge in [-0.3, -0.25) is 4.79 Å². The first-order chi connectivity index (χ1) is 10.6. The van der Waals surface area contributed by atoms with Crippen LogP contribution in [0.15, 0.2) is 22.9 Å². The third-order valence-corrected chi connectivity index (χ3v) is 5.88. The summed E-state index contributed by atoms with van der Waals surface area (Å²) in [4.78, 5) is 20.2. The van der Waals surface area contributed by atoms with Gasteiger partial charge in [-0.15, -0.1) is 22.7 Å². The summed E-state index contributed by atoms with van der Waals surface area (Å²) in [6.07, 6.45) is 2.89. The van der Waals surface area contributed by atoms with Gasteiger partial charge in [0, 0.05) is 19.0 Å². The van der Waals surface area contributed by atoms with E-state index in [2.05, 4.69) is 11.1 Å². The Morgan fingerprint density at radius 2 is 2.32 bits per heavy atom. The van der Waals surface area contributed by atoms with Gasteiger partial charge < -0.3 is 9.64 Å². The Bertz CT molecular complexity index is 630. The fourth-order valence-corrected chi connectivity index (χ4v) is 4.34. The van der Waals surface area contributed by atoms with E-state index in [0.717, 1.165) is 30.0 Å². The number of rotatable bonds is 4. The van der Waals surface area contributed by atoms with Crippen LogP contribution in [0, 0.1) is 0 Å². The van der Waals surface area contributed by atoms with Crippen molar-refractivity contribution >= 4 is 28.6 Å². The average molecular weight is 336 g/mol. The number of nitrogens with zero attached hydrogens (tertiary/aromatic N) is 2. The molecule has 2 aromatic heterocycles. The van der Waals surface area contributed by atoms with E-state index in [1.54, 1.807) is 27.6 Å². The molecule has 0 bridgehead atoms. The van der Waals surface area contributed by atoms with Crippen LogP contribution >= 0.6 is 22.7 Å². The van der Waals surface area contributed by atoms with Gasteiger partial charge in [-0.25, -0.2) is 4.98 Å². The van der Waals surface area contributed by atoms with Crippen LogP contribution in [0.1, 0.15) is 31.9 Å². The Morgan fingerprint density at radius 1 is 1.45 bits per heavy atom. The number of thiophene rings is 1. The number of hydrogen-bond acceptors (Lipinski definition) is 5. The van der Waals surface area contributed by atoms with Gasteiger partial charge >= 0.3 is 0 Å². The second-order valence-corrected chi connectivity index (χ2v) is 7.62. The van der Waals surface area contributed by atoms with Crippen LogP contribution < -0.4 is 0 Å². The molecule has 1 saturated heterocycles. The van der Waals surface area contributed by atoms with Crippen molar-refractivity contribution in [2.24, 2.45) is 0 Å². The minimum Gasteiger partial charge on any atom is -0.365 e. The van der Waals surface area contributed by atoms with Crippen molar-refractivity contribution in [3.05, 3.63) is 28.6 Å². The maximum Gasteiger partial charge on any atom is 0.254 e. The van der Waals surface area contributed by atoms with E-state index in [9.17, 15) is 4.79 Å². The number of carbonyl (C=O) groups excluding carboxylic acids is 1. The molecule has 2 aromatic rings. The lowest BCUT2D eigenvalue weighted by molar-refractivity contribution is -0.161. The Hall–Kier alpha value is -1.24. The van der Waals surface area contributed by atoms with E-state index in [1.807, 2.05) is 30.8 Å². The van der Waals surface area contributed by atoms with Gasteiger partial charge in [-0.1, -0.05) is 6.07 Å². The van der Waals surface area contributed by atoms with Crippen LogP contribution in [0.3, 0.4) is 0 Å². The first-order valence-electron chi connectivity index (χ1n) is 7.46. The predicted octanol–water partition coefficient (Wildman–Crippen LogP) is 3.79. The van der Waals surface area contributed by atoms with E-state index in [-0.39, 0.29) is 5.91 Å². The highest BCUT2D eigenvalue weighted by Crippen LogP contribution is 2.29. The maximum atomic E-state index is 12.6. The van der Waals surface area contributed by atoms with Crippen LogP contribution in [0.25, 0.3) is 9.88 Å². The van der Waals surface area contributed by atoms with Crippen LogP contribution in [0.5, 0.6) is 0 Å². The van der Waals surface area contributed by atoms with E-state index in [1.165, 1.54) is 4.88 Å². The van der Waals surface area contributed by atoms with Crippen LogP contribution in [0.2, 0.25) is 0 Å². The third-order valence-electron chi connectivity index (χ3n) is 3.95. The molecule has 0 aliphatic carbocycles. The fraction of sp³-hybridized carbons (Fsp3) is 0.500. The molecule has 0 N–H and O–H groups in total. The lowest BCUT2D eigenvalue weighted by Crippen LogP contribution is -2.48. The van der Waals surface area contributed by atoms with Crippen LogP contribution in [0.4, 0.5) is 0 Å². The number of amides is 1. The summed E-state index contributed by atoms with van der Waals surface area (Å²) in [5.74, 6) is 0.0536. The van der Waals surface area contributed by atoms with Crippen LogP contribution in [-0.2, 0) is 16.1 Å². The molecule has 3 heterocycles. The topological polar surface area (TPSA) is 42.4 Å². The quantitative estimate of drug-likeness (QED) is 0.853. The van der Waals surface area contributed by atoms with E-state index in [4.69, 9.17) is 4.74 Å². The van der Waals surface area contributed by atoms with Gasteiger partial charge in [-0.05, 0) is 37.6 Å². The Morgan fingerprint density at radius 3 is 3.00 bits per heavy atom. The molecule has 0 aromatic carbocycles. The molecule has 1 fully saturated rings. The molecule has 0 spiro atoms. The highest BCUT2D eigenvalue weighted by atomic mass is 32.1. The molecule has 22 heavy (non-hydrogen) atoms. The largest absolute Gasteiger partial charge is 0.365 e. The molecule has 118 valence electrons. The average Bonchev–Trinajstić information content (AvgIpc) is 3.18.